The summed E-state index contributed by atoms with van der Waals surface area (Å²) in [5.41, 5.74) is 0. The highest BCUT2D eigenvalue weighted by molar-refractivity contribution is 5.70. The Morgan fingerprint density at radius 2 is 0.894 bits per heavy atom. The van der Waals surface area contributed by atoms with E-state index in [1.54, 1.807) is 0 Å². The third-order valence-corrected chi connectivity index (χ3v) is 9.01. The van der Waals surface area contributed by atoms with Crippen molar-refractivity contribution in [2.75, 3.05) is 13.2 Å². The molecular formula is C42H78O5. The lowest BCUT2D eigenvalue weighted by Gasteiger charge is -2.15. The second kappa shape index (κ2) is 38.8. The first-order valence-electron chi connectivity index (χ1n) is 20.4. The van der Waals surface area contributed by atoms with Crippen LogP contribution in [0.3, 0.4) is 0 Å². The van der Waals surface area contributed by atoms with Crippen LogP contribution in [0.25, 0.3) is 0 Å². The molecule has 0 fully saturated rings. The first kappa shape index (κ1) is 45.4. The van der Waals surface area contributed by atoms with Gasteiger partial charge >= 0.3 is 11.9 Å². The van der Waals surface area contributed by atoms with Crippen LogP contribution in [0.1, 0.15) is 213 Å². The Morgan fingerprint density at radius 1 is 0.489 bits per heavy atom. The van der Waals surface area contributed by atoms with E-state index in [1.807, 2.05) is 6.08 Å². The zero-order valence-electron chi connectivity index (χ0n) is 31.3. The summed E-state index contributed by atoms with van der Waals surface area (Å²) in [7, 11) is 0. The number of esters is 2. The standard InChI is InChI=1S/C42H78O5/c1-3-5-7-9-11-13-15-17-18-19-20-21-22-23-25-27-29-31-33-35-37-42(45)47-40(38-43)39-46-41(44)36-34-32-30-28-26-24-16-14-12-10-8-6-4-2/h24,26,30,32,40,43H,3-23,25,27-29,31,33-39H2,1-2H3/b26-24+,32-30+. The van der Waals surface area contributed by atoms with Crippen molar-refractivity contribution in [1.29, 1.82) is 0 Å². The number of carbonyl (C=O) groups is 2. The summed E-state index contributed by atoms with van der Waals surface area (Å²) in [6.45, 7) is 4.09. The zero-order valence-corrected chi connectivity index (χ0v) is 31.3. The van der Waals surface area contributed by atoms with Crippen LogP contribution in [-0.2, 0) is 19.1 Å². The number of hydrogen-bond donors (Lipinski definition) is 1. The topological polar surface area (TPSA) is 72.8 Å². The number of carbonyl (C=O) groups excluding carboxylic acids is 2. The Hall–Kier alpha value is -1.62. The molecule has 1 atom stereocenters. The van der Waals surface area contributed by atoms with E-state index in [4.69, 9.17) is 9.47 Å². The van der Waals surface area contributed by atoms with Crippen molar-refractivity contribution in [2.45, 2.75) is 219 Å². The molecule has 276 valence electrons. The van der Waals surface area contributed by atoms with E-state index in [1.165, 1.54) is 148 Å². The average molecular weight is 663 g/mol. The molecule has 0 saturated heterocycles. The molecule has 0 aliphatic heterocycles. The van der Waals surface area contributed by atoms with Gasteiger partial charge in [-0.15, -0.1) is 0 Å². The molecule has 0 heterocycles. The minimum atomic E-state index is -0.788. The lowest BCUT2D eigenvalue weighted by Crippen LogP contribution is -2.28. The van der Waals surface area contributed by atoms with Gasteiger partial charge in [-0.3, -0.25) is 9.59 Å². The molecule has 1 unspecified atom stereocenters. The molecule has 0 bridgehead atoms. The van der Waals surface area contributed by atoms with Crippen molar-refractivity contribution < 1.29 is 24.2 Å². The van der Waals surface area contributed by atoms with E-state index >= 15 is 0 Å². The number of rotatable bonds is 37. The largest absolute Gasteiger partial charge is 0.462 e. The smallest absolute Gasteiger partial charge is 0.306 e. The Balaban J connectivity index is 3.54. The van der Waals surface area contributed by atoms with Crippen molar-refractivity contribution in [3.8, 4) is 0 Å². The molecule has 0 saturated carbocycles. The highest BCUT2D eigenvalue weighted by atomic mass is 16.6. The van der Waals surface area contributed by atoms with Crippen LogP contribution in [0.2, 0.25) is 0 Å². The average Bonchev–Trinajstić information content (AvgIpc) is 3.07. The number of unbranched alkanes of at least 4 members (excludes halogenated alkanes) is 25. The summed E-state index contributed by atoms with van der Waals surface area (Å²) in [4.78, 5) is 24.2. The molecule has 0 aliphatic carbocycles. The quantitative estimate of drug-likeness (QED) is 0.0407. The van der Waals surface area contributed by atoms with Gasteiger partial charge in [0.05, 0.1) is 6.61 Å². The van der Waals surface area contributed by atoms with Gasteiger partial charge in [-0.25, -0.2) is 0 Å². The van der Waals surface area contributed by atoms with E-state index in [2.05, 4.69) is 32.1 Å². The van der Waals surface area contributed by atoms with Crippen LogP contribution in [0.4, 0.5) is 0 Å². The highest BCUT2D eigenvalue weighted by Crippen LogP contribution is 2.15. The maximum Gasteiger partial charge on any atom is 0.306 e. The molecule has 5 nitrogen and oxygen atoms in total. The first-order chi connectivity index (χ1) is 23.1. The third-order valence-electron chi connectivity index (χ3n) is 9.01. The molecule has 1 N–H and O–H groups in total. The van der Waals surface area contributed by atoms with Crippen molar-refractivity contribution in [2.24, 2.45) is 0 Å². The summed E-state index contributed by atoms with van der Waals surface area (Å²) < 4.78 is 10.6. The number of ether oxygens (including phenoxy) is 2. The van der Waals surface area contributed by atoms with Gasteiger partial charge in [0, 0.05) is 12.8 Å². The van der Waals surface area contributed by atoms with Crippen LogP contribution < -0.4 is 0 Å². The van der Waals surface area contributed by atoms with Gasteiger partial charge < -0.3 is 14.6 Å². The minimum absolute atomic E-state index is 0.0920. The van der Waals surface area contributed by atoms with Gasteiger partial charge in [-0.05, 0) is 32.1 Å². The fourth-order valence-corrected chi connectivity index (χ4v) is 5.90. The molecule has 0 spiro atoms. The van der Waals surface area contributed by atoms with E-state index < -0.39 is 6.10 Å². The number of hydrogen-bond acceptors (Lipinski definition) is 5. The van der Waals surface area contributed by atoms with Crippen molar-refractivity contribution >= 4 is 11.9 Å². The summed E-state index contributed by atoms with van der Waals surface area (Å²) in [6, 6.07) is 0. The van der Waals surface area contributed by atoms with E-state index in [0.29, 0.717) is 12.8 Å². The second-order valence-electron chi connectivity index (χ2n) is 13.7. The molecule has 0 aromatic rings. The van der Waals surface area contributed by atoms with Gasteiger partial charge in [0.15, 0.2) is 6.10 Å². The van der Waals surface area contributed by atoms with Gasteiger partial charge in [-0.1, -0.05) is 192 Å². The highest BCUT2D eigenvalue weighted by Gasteiger charge is 2.15. The molecule has 0 radical (unpaired) electrons. The minimum Gasteiger partial charge on any atom is -0.462 e. The summed E-state index contributed by atoms with van der Waals surface area (Å²) in [5, 5.41) is 9.54. The Bertz CT molecular complexity index is 716. The van der Waals surface area contributed by atoms with Crippen LogP contribution in [0.15, 0.2) is 24.3 Å². The monoisotopic (exact) mass is 663 g/mol. The maximum atomic E-state index is 12.2. The first-order valence-corrected chi connectivity index (χ1v) is 20.4. The number of allylic oxidation sites excluding steroid dienone is 4. The van der Waals surface area contributed by atoms with E-state index in [0.717, 1.165) is 32.1 Å². The third kappa shape index (κ3) is 37.1. The lowest BCUT2D eigenvalue weighted by molar-refractivity contribution is -0.161. The molecule has 0 aromatic heterocycles. The van der Waals surface area contributed by atoms with E-state index in [9.17, 15) is 14.7 Å². The molecule has 0 amide bonds. The maximum absolute atomic E-state index is 12.2. The van der Waals surface area contributed by atoms with Gasteiger partial charge in [0.1, 0.15) is 6.61 Å². The van der Waals surface area contributed by atoms with Crippen LogP contribution >= 0.6 is 0 Å². The fourth-order valence-electron chi connectivity index (χ4n) is 5.90. The van der Waals surface area contributed by atoms with Crippen molar-refractivity contribution in [1.82, 2.24) is 0 Å². The molecule has 0 aliphatic rings. The van der Waals surface area contributed by atoms with Crippen LogP contribution in [0, 0.1) is 0 Å². The predicted molar refractivity (Wildman–Crippen MR) is 201 cm³/mol. The number of aliphatic hydroxyl groups is 1. The van der Waals surface area contributed by atoms with Crippen LogP contribution in [-0.4, -0.2) is 36.4 Å². The Kier molecular flexibility index (Phi) is 37.5. The van der Waals surface area contributed by atoms with Gasteiger partial charge in [0.25, 0.3) is 0 Å². The van der Waals surface area contributed by atoms with E-state index in [-0.39, 0.29) is 31.6 Å². The van der Waals surface area contributed by atoms with Gasteiger partial charge in [-0.2, -0.15) is 0 Å². The van der Waals surface area contributed by atoms with Crippen molar-refractivity contribution in [3.05, 3.63) is 24.3 Å². The second-order valence-corrected chi connectivity index (χ2v) is 13.7. The van der Waals surface area contributed by atoms with Crippen molar-refractivity contribution in [3.63, 3.8) is 0 Å². The fraction of sp³-hybridized carbons (Fsp3) is 0.857. The molecule has 0 aromatic carbocycles. The molecule has 47 heavy (non-hydrogen) atoms. The summed E-state index contributed by atoms with van der Waals surface area (Å²) in [5.74, 6) is -0.660. The normalized spacial score (nSPS) is 12.3. The SMILES string of the molecule is CCCCCCCC/C=C/C/C=C/CCC(=O)OCC(CO)OC(=O)CCCCCCCCCCCCCCCCCCCCCC. The summed E-state index contributed by atoms with van der Waals surface area (Å²) in [6.07, 6.45) is 45.4. The van der Waals surface area contributed by atoms with Gasteiger partial charge in [0.2, 0.25) is 0 Å². The predicted octanol–water partition coefficient (Wildman–Crippen LogP) is 12.7. The zero-order chi connectivity index (χ0) is 34.3. The van der Waals surface area contributed by atoms with Crippen LogP contribution in [0.5, 0.6) is 0 Å². The number of aliphatic hydroxyl groups excluding tert-OH is 1. The Labute approximate surface area is 292 Å². The molecule has 5 heteroatoms. The molecular weight excluding hydrogens is 584 g/mol. The molecule has 0 rings (SSSR count). The summed E-state index contributed by atoms with van der Waals surface area (Å²) >= 11 is 0. The Morgan fingerprint density at radius 3 is 1.34 bits per heavy atom. The lowest BCUT2D eigenvalue weighted by atomic mass is 10.0.